The molecule has 24 heavy (non-hydrogen) atoms. The predicted molar refractivity (Wildman–Crippen MR) is 99.6 cm³/mol. The first-order valence-corrected chi connectivity index (χ1v) is 8.41. The molecule has 4 rings (SSSR count). The minimum atomic E-state index is 0.134. The molecule has 0 aromatic heterocycles. The molecule has 0 N–H and O–H groups in total. The lowest BCUT2D eigenvalue weighted by Crippen LogP contribution is -2.11. The van der Waals surface area contributed by atoms with Crippen LogP contribution in [-0.2, 0) is 4.74 Å². The van der Waals surface area contributed by atoms with Crippen LogP contribution in [0.1, 0.15) is 23.7 Å². The smallest absolute Gasteiger partial charge is 0.0869 e. The average molecular weight is 312 g/mol. The third-order valence-electron chi connectivity index (χ3n) is 4.57. The molecule has 1 heterocycles. The van der Waals surface area contributed by atoms with Crippen molar-refractivity contribution in [3.8, 4) is 11.1 Å². The van der Waals surface area contributed by atoms with Gasteiger partial charge in [-0.3, -0.25) is 0 Å². The van der Waals surface area contributed by atoms with Crippen LogP contribution < -0.4 is 0 Å². The van der Waals surface area contributed by atoms with Crippen LogP contribution in [0.5, 0.6) is 0 Å². The minimum absolute atomic E-state index is 0.134. The SMILES string of the molecule is C1=C(c2ccccc2)C[C@H](c2ccc(-c3ccccc3)cc2)OC1. The molecule has 118 valence electrons. The zero-order valence-electron chi connectivity index (χ0n) is 13.6. The van der Waals surface area contributed by atoms with E-state index in [-0.39, 0.29) is 6.10 Å². The molecule has 1 nitrogen and oxygen atoms in total. The fourth-order valence-electron chi connectivity index (χ4n) is 3.23. The Hall–Kier alpha value is -2.64. The van der Waals surface area contributed by atoms with Gasteiger partial charge in [-0.2, -0.15) is 0 Å². The van der Waals surface area contributed by atoms with Crippen molar-refractivity contribution in [1.29, 1.82) is 0 Å². The third kappa shape index (κ3) is 3.17. The Morgan fingerprint density at radius 2 is 1.21 bits per heavy atom. The molecule has 1 aliphatic rings. The van der Waals surface area contributed by atoms with Crippen molar-refractivity contribution in [3.05, 3.63) is 102 Å². The summed E-state index contributed by atoms with van der Waals surface area (Å²) in [5, 5.41) is 0. The van der Waals surface area contributed by atoms with Crippen molar-refractivity contribution in [2.24, 2.45) is 0 Å². The van der Waals surface area contributed by atoms with E-state index in [1.54, 1.807) is 0 Å². The van der Waals surface area contributed by atoms with Gasteiger partial charge in [0, 0.05) is 6.42 Å². The Labute approximate surface area is 143 Å². The molecule has 0 saturated carbocycles. The molecular weight excluding hydrogens is 292 g/mol. The Morgan fingerprint density at radius 1 is 0.625 bits per heavy atom. The van der Waals surface area contributed by atoms with Gasteiger partial charge < -0.3 is 4.74 Å². The molecular formula is C23H20O. The summed E-state index contributed by atoms with van der Waals surface area (Å²) in [7, 11) is 0. The van der Waals surface area contributed by atoms with Crippen LogP contribution in [0.4, 0.5) is 0 Å². The lowest BCUT2D eigenvalue weighted by molar-refractivity contribution is 0.0708. The second-order valence-electron chi connectivity index (χ2n) is 6.11. The first-order valence-electron chi connectivity index (χ1n) is 8.41. The summed E-state index contributed by atoms with van der Waals surface area (Å²) in [6.45, 7) is 0.676. The lowest BCUT2D eigenvalue weighted by Gasteiger charge is -2.24. The fourth-order valence-corrected chi connectivity index (χ4v) is 3.23. The Balaban J connectivity index is 1.53. The van der Waals surface area contributed by atoms with Gasteiger partial charge in [0.2, 0.25) is 0 Å². The second-order valence-corrected chi connectivity index (χ2v) is 6.11. The van der Waals surface area contributed by atoms with E-state index in [4.69, 9.17) is 4.74 Å². The maximum absolute atomic E-state index is 5.98. The van der Waals surface area contributed by atoms with Gasteiger partial charge in [-0.25, -0.2) is 0 Å². The summed E-state index contributed by atoms with van der Waals surface area (Å²) in [6.07, 6.45) is 3.26. The van der Waals surface area contributed by atoms with Gasteiger partial charge in [0.25, 0.3) is 0 Å². The van der Waals surface area contributed by atoms with Gasteiger partial charge in [-0.1, -0.05) is 91.0 Å². The van der Waals surface area contributed by atoms with Gasteiger partial charge in [-0.15, -0.1) is 0 Å². The molecule has 0 amide bonds. The molecule has 0 radical (unpaired) electrons. The Morgan fingerprint density at radius 3 is 1.88 bits per heavy atom. The second kappa shape index (κ2) is 6.86. The van der Waals surface area contributed by atoms with E-state index in [1.807, 2.05) is 6.07 Å². The van der Waals surface area contributed by atoms with E-state index >= 15 is 0 Å². The molecule has 3 aromatic carbocycles. The monoisotopic (exact) mass is 312 g/mol. The highest BCUT2D eigenvalue weighted by Crippen LogP contribution is 2.34. The molecule has 0 fully saturated rings. The van der Waals surface area contributed by atoms with Crippen LogP contribution in [0, 0.1) is 0 Å². The highest BCUT2D eigenvalue weighted by molar-refractivity contribution is 5.67. The standard InChI is InChI=1S/C23H20O/c1-3-7-18(8-4-1)20-11-13-21(14-12-20)23-17-22(15-16-24-23)19-9-5-2-6-10-19/h1-15,23H,16-17H2/t23-/m1/s1. The number of rotatable bonds is 3. The zero-order valence-corrected chi connectivity index (χ0v) is 13.6. The van der Waals surface area contributed by atoms with Gasteiger partial charge in [0.1, 0.15) is 0 Å². The average Bonchev–Trinajstić information content (AvgIpc) is 2.70. The zero-order chi connectivity index (χ0) is 16.2. The Bertz CT molecular complexity index is 817. The van der Waals surface area contributed by atoms with Gasteiger partial charge in [0.15, 0.2) is 0 Å². The van der Waals surface area contributed by atoms with Crippen molar-refractivity contribution in [2.45, 2.75) is 12.5 Å². The number of hydrogen-bond donors (Lipinski definition) is 0. The normalized spacial score (nSPS) is 17.3. The summed E-state index contributed by atoms with van der Waals surface area (Å²) in [6, 6.07) is 29.8. The number of ether oxygens (including phenoxy) is 1. The lowest BCUT2D eigenvalue weighted by atomic mass is 9.93. The van der Waals surface area contributed by atoms with E-state index in [0.717, 1.165) is 6.42 Å². The first kappa shape index (κ1) is 14.9. The summed E-state index contributed by atoms with van der Waals surface area (Å²) in [5.41, 5.74) is 6.41. The maximum atomic E-state index is 5.98. The van der Waals surface area contributed by atoms with Crippen molar-refractivity contribution in [3.63, 3.8) is 0 Å². The van der Waals surface area contributed by atoms with E-state index in [2.05, 4.69) is 84.9 Å². The fraction of sp³-hybridized carbons (Fsp3) is 0.130. The minimum Gasteiger partial charge on any atom is -0.369 e. The van der Waals surface area contributed by atoms with E-state index < -0.39 is 0 Å². The highest BCUT2D eigenvalue weighted by Gasteiger charge is 2.18. The topological polar surface area (TPSA) is 9.23 Å². The molecule has 3 aromatic rings. The van der Waals surface area contributed by atoms with E-state index in [9.17, 15) is 0 Å². The van der Waals surface area contributed by atoms with Crippen molar-refractivity contribution >= 4 is 5.57 Å². The number of hydrogen-bond acceptors (Lipinski definition) is 1. The summed E-state index contributed by atoms with van der Waals surface area (Å²) in [4.78, 5) is 0. The molecule has 1 aliphatic heterocycles. The Kier molecular flexibility index (Phi) is 4.26. The molecule has 0 saturated heterocycles. The molecule has 1 atom stereocenters. The third-order valence-corrected chi connectivity index (χ3v) is 4.57. The highest BCUT2D eigenvalue weighted by atomic mass is 16.5. The largest absolute Gasteiger partial charge is 0.369 e. The van der Waals surface area contributed by atoms with Crippen LogP contribution in [0.15, 0.2) is 91.0 Å². The van der Waals surface area contributed by atoms with Crippen LogP contribution in [0.3, 0.4) is 0 Å². The summed E-state index contributed by atoms with van der Waals surface area (Å²) >= 11 is 0. The number of benzene rings is 3. The van der Waals surface area contributed by atoms with E-state index in [1.165, 1.54) is 27.8 Å². The maximum Gasteiger partial charge on any atom is 0.0869 e. The van der Waals surface area contributed by atoms with Crippen molar-refractivity contribution in [2.75, 3.05) is 6.61 Å². The molecule has 0 bridgehead atoms. The van der Waals surface area contributed by atoms with Gasteiger partial charge in [-0.05, 0) is 27.8 Å². The summed E-state index contributed by atoms with van der Waals surface area (Å²) < 4.78 is 5.98. The van der Waals surface area contributed by atoms with Crippen molar-refractivity contribution < 1.29 is 4.74 Å². The van der Waals surface area contributed by atoms with E-state index in [0.29, 0.717) is 6.61 Å². The molecule has 1 heteroatoms. The van der Waals surface area contributed by atoms with Gasteiger partial charge in [0.05, 0.1) is 12.7 Å². The predicted octanol–water partition coefficient (Wildman–Crippen LogP) is 5.90. The first-order chi connectivity index (χ1) is 11.9. The van der Waals surface area contributed by atoms with Crippen molar-refractivity contribution in [1.82, 2.24) is 0 Å². The van der Waals surface area contributed by atoms with Crippen LogP contribution in [-0.4, -0.2) is 6.61 Å². The van der Waals surface area contributed by atoms with Crippen LogP contribution >= 0.6 is 0 Å². The van der Waals surface area contributed by atoms with Crippen LogP contribution in [0.25, 0.3) is 16.7 Å². The van der Waals surface area contributed by atoms with Crippen LogP contribution in [0.2, 0.25) is 0 Å². The molecule has 0 aliphatic carbocycles. The molecule has 0 unspecified atom stereocenters. The summed E-state index contributed by atoms with van der Waals surface area (Å²) in [5.74, 6) is 0. The quantitative estimate of drug-likeness (QED) is 0.585. The molecule has 0 spiro atoms. The van der Waals surface area contributed by atoms with Gasteiger partial charge >= 0.3 is 0 Å².